The van der Waals surface area contributed by atoms with Crippen molar-refractivity contribution in [3.63, 3.8) is 0 Å². The summed E-state index contributed by atoms with van der Waals surface area (Å²) < 4.78 is 0. The van der Waals surface area contributed by atoms with Crippen molar-refractivity contribution in [2.24, 2.45) is 0 Å². The monoisotopic (exact) mass is 284 g/mol. The van der Waals surface area contributed by atoms with E-state index in [1.807, 2.05) is 6.92 Å². The van der Waals surface area contributed by atoms with Gasteiger partial charge in [-0.05, 0) is 31.9 Å². The van der Waals surface area contributed by atoms with Gasteiger partial charge in [0.1, 0.15) is 0 Å². The van der Waals surface area contributed by atoms with Crippen molar-refractivity contribution in [2.75, 3.05) is 11.9 Å². The number of aromatic nitrogens is 1. The quantitative estimate of drug-likeness (QED) is 0.645. The van der Waals surface area contributed by atoms with E-state index in [0.29, 0.717) is 5.56 Å². The van der Waals surface area contributed by atoms with E-state index in [1.165, 1.54) is 0 Å². The Morgan fingerprint density at radius 3 is 2.94 bits per heavy atom. The van der Waals surface area contributed by atoms with Crippen LogP contribution in [0.15, 0.2) is 18.3 Å². The second-order valence-corrected chi connectivity index (χ2v) is 4.48. The van der Waals surface area contributed by atoms with Gasteiger partial charge in [-0.2, -0.15) is 0 Å². The summed E-state index contributed by atoms with van der Waals surface area (Å²) in [6.45, 7) is 2.62. The number of nitrogens with zero attached hydrogens (tertiary/aromatic N) is 1. The first-order valence-corrected chi connectivity index (χ1v) is 6.63. The molecule has 0 aliphatic heterocycles. The van der Waals surface area contributed by atoms with Crippen LogP contribution in [0.4, 0.5) is 0 Å². The molecule has 0 aliphatic rings. The Labute approximate surface area is 105 Å². The minimum Gasteiger partial charge on any atom is -0.352 e. The van der Waals surface area contributed by atoms with Crippen LogP contribution in [0.2, 0.25) is 0 Å². The number of aryl methyl sites for hydroxylation is 1. The maximum atomic E-state index is 11.7. The third-order valence-electron chi connectivity index (χ3n) is 2.25. The first-order valence-electron chi connectivity index (χ1n) is 5.51. The largest absolute Gasteiger partial charge is 0.352 e. The Morgan fingerprint density at radius 1 is 1.44 bits per heavy atom. The first kappa shape index (κ1) is 13.2. The molecule has 0 atom stereocenters. The second-order valence-electron chi connectivity index (χ2n) is 3.69. The number of carbonyl (C=O) groups is 1. The average Bonchev–Trinajstić information content (AvgIpc) is 2.28. The molecule has 0 radical (unpaired) electrons. The Balaban J connectivity index is 2.30. The van der Waals surface area contributed by atoms with Gasteiger partial charge < -0.3 is 5.32 Å². The molecular formula is C12H17BrN2O. The average molecular weight is 285 g/mol. The molecular weight excluding hydrogens is 268 g/mol. The van der Waals surface area contributed by atoms with E-state index in [0.717, 1.165) is 36.8 Å². The van der Waals surface area contributed by atoms with Gasteiger partial charge in [-0.15, -0.1) is 0 Å². The molecule has 16 heavy (non-hydrogen) atoms. The number of alkyl halides is 1. The lowest BCUT2D eigenvalue weighted by Crippen LogP contribution is -2.24. The van der Waals surface area contributed by atoms with Gasteiger partial charge in [-0.25, -0.2) is 0 Å². The van der Waals surface area contributed by atoms with Gasteiger partial charge in [0.25, 0.3) is 5.91 Å². The predicted octanol–water partition coefficient (Wildman–Crippen LogP) is 2.69. The van der Waals surface area contributed by atoms with Crippen molar-refractivity contribution >= 4 is 21.8 Å². The lowest BCUT2D eigenvalue weighted by Gasteiger charge is -2.05. The molecule has 1 amide bonds. The third-order valence-corrected chi connectivity index (χ3v) is 2.82. The van der Waals surface area contributed by atoms with Crippen LogP contribution in [-0.4, -0.2) is 22.8 Å². The number of pyridine rings is 1. The summed E-state index contributed by atoms with van der Waals surface area (Å²) in [6.07, 6.45) is 4.99. The molecule has 0 aliphatic carbocycles. The van der Waals surface area contributed by atoms with Gasteiger partial charge in [0.2, 0.25) is 0 Å². The van der Waals surface area contributed by atoms with Crippen LogP contribution in [0.3, 0.4) is 0 Å². The molecule has 0 aromatic carbocycles. The van der Waals surface area contributed by atoms with Crippen LogP contribution in [0, 0.1) is 6.92 Å². The fourth-order valence-electron chi connectivity index (χ4n) is 1.39. The molecule has 88 valence electrons. The van der Waals surface area contributed by atoms with E-state index in [-0.39, 0.29) is 5.91 Å². The normalized spacial score (nSPS) is 10.1. The molecule has 0 saturated heterocycles. The summed E-state index contributed by atoms with van der Waals surface area (Å²) >= 11 is 3.38. The fraction of sp³-hybridized carbons (Fsp3) is 0.500. The van der Waals surface area contributed by atoms with Gasteiger partial charge in [0.15, 0.2) is 0 Å². The standard InChI is InChI=1S/C12H17BrN2O/c1-10-9-11(5-8-14-10)12(16)15-7-4-2-3-6-13/h5,8-9H,2-4,6-7H2,1H3,(H,15,16). The SMILES string of the molecule is Cc1cc(C(=O)NCCCCCBr)ccn1. The molecule has 1 heterocycles. The zero-order valence-corrected chi connectivity index (χ0v) is 11.1. The topological polar surface area (TPSA) is 42.0 Å². The molecule has 0 fully saturated rings. The van der Waals surface area contributed by atoms with Gasteiger partial charge in [-0.3, -0.25) is 9.78 Å². The molecule has 0 unspecified atom stereocenters. The first-order chi connectivity index (χ1) is 7.74. The molecule has 0 spiro atoms. The van der Waals surface area contributed by atoms with E-state index >= 15 is 0 Å². The van der Waals surface area contributed by atoms with E-state index in [1.54, 1.807) is 18.3 Å². The van der Waals surface area contributed by atoms with E-state index in [4.69, 9.17) is 0 Å². The minimum atomic E-state index is -0.00987. The zero-order chi connectivity index (χ0) is 11.8. The lowest BCUT2D eigenvalue weighted by molar-refractivity contribution is 0.0953. The Kier molecular flexibility index (Phi) is 6.08. The van der Waals surface area contributed by atoms with Crippen LogP contribution in [0.25, 0.3) is 0 Å². The van der Waals surface area contributed by atoms with E-state index in [9.17, 15) is 4.79 Å². The van der Waals surface area contributed by atoms with Crippen molar-refractivity contribution in [2.45, 2.75) is 26.2 Å². The summed E-state index contributed by atoms with van der Waals surface area (Å²) in [5, 5.41) is 3.94. The lowest BCUT2D eigenvalue weighted by atomic mass is 10.2. The number of halogens is 1. The summed E-state index contributed by atoms with van der Waals surface area (Å²) in [4.78, 5) is 15.7. The molecule has 0 bridgehead atoms. The van der Waals surface area contributed by atoms with Gasteiger partial charge >= 0.3 is 0 Å². The summed E-state index contributed by atoms with van der Waals surface area (Å²) in [5.41, 5.74) is 1.56. The number of amides is 1. The van der Waals surface area contributed by atoms with E-state index in [2.05, 4.69) is 26.2 Å². The molecule has 3 nitrogen and oxygen atoms in total. The highest BCUT2D eigenvalue weighted by molar-refractivity contribution is 9.09. The van der Waals surface area contributed by atoms with Crippen LogP contribution < -0.4 is 5.32 Å². The van der Waals surface area contributed by atoms with Crippen molar-refractivity contribution in [1.82, 2.24) is 10.3 Å². The zero-order valence-electron chi connectivity index (χ0n) is 9.50. The van der Waals surface area contributed by atoms with Crippen molar-refractivity contribution in [3.8, 4) is 0 Å². The molecule has 1 rings (SSSR count). The molecule has 4 heteroatoms. The highest BCUT2D eigenvalue weighted by atomic mass is 79.9. The summed E-state index contributed by atoms with van der Waals surface area (Å²) in [6, 6.07) is 3.54. The van der Waals surface area contributed by atoms with Crippen LogP contribution in [-0.2, 0) is 0 Å². The van der Waals surface area contributed by atoms with Crippen LogP contribution in [0.1, 0.15) is 35.3 Å². The Morgan fingerprint density at radius 2 is 2.25 bits per heavy atom. The molecule has 1 aromatic heterocycles. The van der Waals surface area contributed by atoms with E-state index < -0.39 is 0 Å². The summed E-state index contributed by atoms with van der Waals surface area (Å²) in [5.74, 6) is -0.00987. The molecule has 1 N–H and O–H groups in total. The van der Waals surface area contributed by atoms with Crippen molar-refractivity contribution < 1.29 is 4.79 Å². The molecule has 1 aromatic rings. The second kappa shape index (κ2) is 7.39. The smallest absolute Gasteiger partial charge is 0.251 e. The summed E-state index contributed by atoms with van der Waals surface area (Å²) in [7, 11) is 0. The van der Waals surface area contributed by atoms with Crippen LogP contribution >= 0.6 is 15.9 Å². The Bertz CT molecular complexity index is 342. The number of nitrogens with one attached hydrogen (secondary N) is 1. The van der Waals surface area contributed by atoms with Gasteiger partial charge in [0, 0.05) is 29.3 Å². The van der Waals surface area contributed by atoms with Gasteiger partial charge in [0.05, 0.1) is 0 Å². The Hall–Kier alpha value is -0.900. The fourth-order valence-corrected chi connectivity index (χ4v) is 1.78. The van der Waals surface area contributed by atoms with Gasteiger partial charge in [-0.1, -0.05) is 22.4 Å². The van der Waals surface area contributed by atoms with Crippen molar-refractivity contribution in [3.05, 3.63) is 29.6 Å². The van der Waals surface area contributed by atoms with Crippen LogP contribution in [0.5, 0.6) is 0 Å². The molecule has 0 saturated carbocycles. The predicted molar refractivity (Wildman–Crippen MR) is 69.0 cm³/mol. The van der Waals surface area contributed by atoms with Crippen molar-refractivity contribution in [1.29, 1.82) is 0 Å². The highest BCUT2D eigenvalue weighted by Crippen LogP contribution is 2.01. The third kappa shape index (κ3) is 4.75. The maximum absolute atomic E-state index is 11.7. The highest BCUT2D eigenvalue weighted by Gasteiger charge is 2.04. The number of rotatable bonds is 6. The number of hydrogen-bond acceptors (Lipinski definition) is 2. The number of carbonyl (C=O) groups excluding carboxylic acids is 1. The maximum Gasteiger partial charge on any atom is 0.251 e. The number of unbranched alkanes of at least 4 members (excludes halogenated alkanes) is 2. The number of hydrogen-bond donors (Lipinski definition) is 1. The minimum absolute atomic E-state index is 0.00987.